The smallest absolute Gasteiger partial charge is 0.126 e. The van der Waals surface area contributed by atoms with Gasteiger partial charge in [0.2, 0.25) is 0 Å². The van der Waals surface area contributed by atoms with E-state index in [0.29, 0.717) is 5.75 Å². The predicted octanol–water partition coefficient (Wildman–Crippen LogP) is 3.11. The van der Waals surface area contributed by atoms with Gasteiger partial charge in [-0.2, -0.15) is 0 Å². The Labute approximate surface area is 79.5 Å². The average Bonchev–Trinajstić information content (AvgIpc) is 2.06. The predicted molar refractivity (Wildman–Crippen MR) is 54.2 cm³/mol. The van der Waals surface area contributed by atoms with Crippen LogP contribution in [0.1, 0.15) is 14.4 Å². The number of ether oxygens (including phenoxy) is 1. The van der Waals surface area contributed by atoms with Crippen molar-refractivity contribution in [1.29, 1.82) is 0 Å². The number of rotatable bonds is 1. The quantitative estimate of drug-likeness (QED) is 0.606. The minimum Gasteiger partial charge on any atom is -0.497 e. The Kier molecular flexibility index (Phi) is 9.31. The molecule has 1 nitrogen and oxygen atoms in total. The Morgan fingerprint density at radius 2 is 2.00 bits per heavy atom. The van der Waals surface area contributed by atoms with E-state index in [0.717, 1.165) is 0 Å². The number of benzene rings is 1. The zero-order valence-electron chi connectivity index (χ0n) is 7.17. The molecule has 0 fully saturated rings. The molecule has 13 heavy (non-hydrogen) atoms. The Balaban J connectivity index is 0. The fraction of sp³-hybridized carbons (Fsp3) is 0.273. The van der Waals surface area contributed by atoms with Crippen molar-refractivity contribution < 1.29 is 9.13 Å². The summed E-state index contributed by atoms with van der Waals surface area (Å²) in [5, 5.41) is 0. The zero-order chi connectivity index (χ0) is 9.40. The number of terminal acetylenes is 1. The van der Waals surface area contributed by atoms with Crippen LogP contribution < -0.4 is 4.74 Å². The lowest BCUT2D eigenvalue weighted by Crippen LogP contribution is -1.81. The number of halogens is 1. The molecule has 0 aliphatic rings. The first-order valence-electron chi connectivity index (χ1n) is 3.41. The van der Waals surface area contributed by atoms with Gasteiger partial charge in [0.05, 0.1) is 7.11 Å². The van der Waals surface area contributed by atoms with Gasteiger partial charge in [-0.1, -0.05) is 13.5 Å². The second-order valence-corrected chi connectivity index (χ2v) is 1.95. The van der Waals surface area contributed by atoms with Gasteiger partial charge in [0, 0.05) is 6.07 Å². The second kappa shape index (κ2) is 8.61. The van der Waals surface area contributed by atoms with Crippen molar-refractivity contribution in [3.8, 4) is 18.1 Å². The van der Waals surface area contributed by atoms with Crippen LogP contribution in [0.4, 0.5) is 4.39 Å². The maximum Gasteiger partial charge on any atom is 0.126 e. The van der Waals surface area contributed by atoms with Crippen LogP contribution in [0.2, 0.25) is 0 Å². The molecule has 0 heterocycles. The lowest BCUT2D eigenvalue weighted by molar-refractivity contribution is 0.411. The Bertz CT molecular complexity index is 263. The zero-order valence-corrected chi connectivity index (χ0v) is 7.17. The third kappa shape index (κ3) is 6.89. The van der Waals surface area contributed by atoms with Crippen LogP contribution in [0, 0.1) is 18.2 Å². The van der Waals surface area contributed by atoms with Crippen LogP contribution in [0.15, 0.2) is 24.3 Å². The largest absolute Gasteiger partial charge is 0.497 e. The first-order valence-corrected chi connectivity index (χ1v) is 3.41. The van der Waals surface area contributed by atoms with Crippen molar-refractivity contribution in [2.24, 2.45) is 0 Å². The third-order valence-corrected chi connectivity index (χ3v) is 1.03. The molecule has 2 heteroatoms. The molecular weight excluding hydrogens is 167 g/mol. The van der Waals surface area contributed by atoms with Crippen molar-refractivity contribution in [3.63, 3.8) is 0 Å². The van der Waals surface area contributed by atoms with Gasteiger partial charge in [-0.25, -0.2) is 4.39 Å². The topological polar surface area (TPSA) is 9.23 Å². The van der Waals surface area contributed by atoms with Gasteiger partial charge < -0.3 is 4.74 Å². The fourth-order valence-corrected chi connectivity index (χ4v) is 0.594. The van der Waals surface area contributed by atoms with Crippen molar-refractivity contribution in [2.75, 3.05) is 7.11 Å². The van der Waals surface area contributed by atoms with Crippen LogP contribution in [0.5, 0.6) is 5.75 Å². The molecule has 1 rings (SSSR count). The van der Waals surface area contributed by atoms with E-state index < -0.39 is 0 Å². The standard InChI is InChI=1S/C7H7FO.C3H4.CH4/c1-9-7-4-2-3-6(8)5-7;1-3-2;/h2-5H,1H3;1H,2H3;1H4. The molecule has 0 saturated heterocycles. The molecule has 0 amide bonds. The maximum atomic E-state index is 12.3. The summed E-state index contributed by atoms with van der Waals surface area (Å²) >= 11 is 0. The molecule has 0 aromatic heterocycles. The summed E-state index contributed by atoms with van der Waals surface area (Å²) < 4.78 is 17.0. The summed E-state index contributed by atoms with van der Waals surface area (Å²) in [5.74, 6) is 2.53. The normalized spacial score (nSPS) is 6.92. The van der Waals surface area contributed by atoms with Gasteiger partial charge >= 0.3 is 0 Å². The molecule has 0 bridgehead atoms. The van der Waals surface area contributed by atoms with E-state index in [1.807, 2.05) is 0 Å². The molecular formula is C11H15FO. The molecule has 72 valence electrons. The fourth-order valence-electron chi connectivity index (χ4n) is 0.594. The lowest BCUT2D eigenvalue weighted by Gasteiger charge is -1.95. The molecule has 0 aliphatic carbocycles. The number of hydrogen-bond donors (Lipinski definition) is 0. The Morgan fingerprint density at radius 1 is 1.46 bits per heavy atom. The summed E-state index contributed by atoms with van der Waals surface area (Å²) in [6, 6.07) is 6.01. The lowest BCUT2D eigenvalue weighted by atomic mass is 10.3. The van der Waals surface area contributed by atoms with E-state index in [4.69, 9.17) is 4.74 Å². The minimum atomic E-state index is -0.269. The van der Waals surface area contributed by atoms with Gasteiger partial charge in [0.25, 0.3) is 0 Å². The first-order chi connectivity index (χ1) is 5.74. The van der Waals surface area contributed by atoms with Crippen LogP contribution in [0.3, 0.4) is 0 Å². The van der Waals surface area contributed by atoms with E-state index in [-0.39, 0.29) is 13.2 Å². The van der Waals surface area contributed by atoms with Gasteiger partial charge in [0.15, 0.2) is 0 Å². The average molecular weight is 182 g/mol. The Hall–Kier alpha value is -1.49. The van der Waals surface area contributed by atoms with Crippen LogP contribution >= 0.6 is 0 Å². The summed E-state index contributed by atoms with van der Waals surface area (Å²) in [4.78, 5) is 0. The number of methoxy groups -OCH3 is 1. The Morgan fingerprint density at radius 3 is 2.31 bits per heavy atom. The number of hydrogen-bond acceptors (Lipinski definition) is 1. The molecule has 0 spiro atoms. The summed E-state index contributed by atoms with van der Waals surface area (Å²) in [6.45, 7) is 1.65. The highest BCUT2D eigenvalue weighted by Gasteiger charge is 1.90. The third-order valence-electron chi connectivity index (χ3n) is 1.03. The highest BCUT2D eigenvalue weighted by molar-refractivity contribution is 5.21. The molecule has 0 unspecified atom stereocenters. The second-order valence-electron chi connectivity index (χ2n) is 1.95. The molecule has 0 aliphatic heterocycles. The monoisotopic (exact) mass is 182 g/mol. The van der Waals surface area contributed by atoms with Crippen molar-refractivity contribution in [3.05, 3.63) is 30.1 Å². The van der Waals surface area contributed by atoms with Crippen molar-refractivity contribution >= 4 is 0 Å². The molecule has 0 N–H and O–H groups in total. The van der Waals surface area contributed by atoms with Crippen LogP contribution in [-0.4, -0.2) is 7.11 Å². The van der Waals surface area contributed by atoms with Crippen molar-refractivity contribution in [1.82, 2.24) is 0 Å². The van der Waals surface area contributed by atoms with E-state index in [2.05, 4.69) is 12.3 Å². The van der Waals surface area contributed by atoms with Gasteiger partial charge in [-0.05, 0) is 19.1 Å². The van der Waals surface area contributed by atoms with E-state index in [1.165, 1.54) is 19.2 Å². The summed E-state index contributed by atoms with van der Waals surface area (Å²) in [7, 11) is 1.51. The van der Waals surface area contributed by atoms with E-state index >= 15 is 0 Å². The summed E-state index contributed by atoms with van der Waals surface area (Å²) in [5.41, 5.74) is 0. The first kappa shape index (κ1) is 14.1. The maximum absolute atomic E-state index is 12.3. The van der Waals surface area contributed by atoms with Gasteiger partial charge in [-0.15, -0.1) is 12.3 Å². The minimum absolute atomic E-state index is 0. The van der Waals surface area contributed by atoms with Crippen molar-refractivity contribution in [2.45, 2.75) is 14.4 Å². The van der Waals surface area contributed by atoms with Crippen LogP contribution in [0.25, 0.3) is 0 Å². The SMILES string of the molecule is C.C#CC.COc1cccc(F)c1. The van der Waals surface area contributed by atoms with E-state index in [9.17, 15) is 4.39 Å². The highest BCUT2D eigenvalue weighted by atomic mass is 19.1. The van der Waals surface area contributed by atoms with Gasteiger partial charge in [0.1, 0.15) is 11.6 Å². The summed E-state index contributed by atoms with van der Waals surface area (Å²) in [6.07, 6.45) is 4.60. The van der Waals surface area contributed by atoms with Crippen LogP contribution in [-0.2, 0) is 0 Å². The highest BCUT2D eigenvalue weighted by Crippen LogP contribution is 2.09. The molecule has 0 radical (unpaired) electrons. The van der Waals surface area contributed by atoms with E-state index in [1.54, 1.807) is 19.1 Å². The molecule has 1 aromatic rings. The molecule has 0 saturated carbocycles. The molecule has 1 aromatic carbocycles. The molecule has 0 atom stereocenters. The van der Waals surface area contributed by atoms with Gasteiger partial charge in [-0.3, -0.25) is 0 Å².